The summed E-state index contributed by atoms with van der Waals surface area (Å²) >= 11 is 0. The Kier molecular flexibility index (Phi) is 4.98. The molecule has 1 saturated heterocycles. The maximum atomic E-state index is 13.7. The minimum absolute atomic E-state index is 0.0516. The minimum atomic E-state index is -0.747. The van der Waals surface area contributed by atoms with Gasteiger partial charge in [0.25, 0.3) is 5.91 Å². The lowest BCUT2D eigenvalue weighted by atomic mass is 10.2. The number of amides is 1. The summed E-state index contributed by atoms with van der Waals surface area (Å²) in [5, 5.41) is 2.68. The van der Waals surface area contributed by atoms with E-state index in [1.54, 1.807) is 11.0 Å². The fourth-order valence-corrected chi connectivity index (χ4v) is 2.69. The van der Waals surface area contributed by atoms with E-state index in [2.05, 4.69) is 15.3 Å². The van der Waals surface area contributed by atoms with Crippen LogP contribution < -0.4 is 5.32 Å². The summed E-state index contributed by atoms with van der Waals surface area (Å²) in [6, 6.07) is 4.71. The molecule has 0 saturated carbocycles. The van der Waals surface area contributed by atoms with Crippen molar-refractivity contribution in [3.63, 3.8) is 0 Å². The Morgan fingerprint density at radius 2 is 1.83 bits per heavy atom. The molecule has 1 aliphatic heterocycles. The van der Waals surface area contributed by atoms with Gasteiger partial charge in [0.15, 0.2) is 0 Å². The first-order valence-electron chi connectivity index (χ1n) is 7.98. The second-order valence-corrected chi connectivity index (χ2v) is 5.72. The van der Waals surface area contributed by atoms with Gasteiger partial charge in [0.2, 0.25) is 5.95 Å². The minimum Gasteiger partial charge on any atom is -0.337 e. The van der Waals surface area contributed by atoms with Crippen LogP contribution >= 0.6 is 0 Å². The lowest BCUT2D eigenvalue weighted by Crippen LogP contribution is -2.32. The van der Waals surface area contributed by atoms with Crippen molar-refractivity contribution >= 4 is 17.5 Å². The van der Waals surface area contributed by atoms with Gasteiger partial charge >= 0.3 is 0 Å². The summed E-state index contributed by atoms with van der Waals surface area (Å²) in [6.07, 6.45) is 5.68. The molecule has 0 unspecified atom stereocenters. The van der Waals surface area contributed by atoms with Crippen LogP contribution in [0.2, 0.25) is 0 Å². The maximum absolute atomic E-state index is 13.7. The Hall–Kier alpha value is -2.57. The van der Waals surface area contributed by atoms with Gasteiger partial charge in [-0.1, -0.05) is 12.8 Å². The van der Waals surface area contributed by atoms with E-state index in [0.717, 1.165) is 50.9 Å². The molecule has 126 valence electrons. The normalized spacial score (nSPS) is 15.0. The van der Waals surface area contributed by atoms with Gasteiger partial charge in [-0.05, 0) is 31.0 Å². The number of nitrogens with zero attached hydrogens (tertiary/aromatic N) is 3. The van der Waals surface area contributed by atoms with Gasteiger partial charge < -0.3 is 10.2 Å². The van der Waals surface area contributed by atoms with Crippen LogP contribution in [-0.2, 0) is 0 Å². The first kappa shape index (κ1) is 16.3. The molecule has 1 fully saturated rings. The number of halogens is 2. The highest BCUT2D eigenvalue weighted by atomic mass is 19.1. The van der Waals surface area contributed by atoms with E-state index in [4.69, 9.17) is 0 Å². The highest BCUT2D eigenvalue weighted by Crippen LogP contribution is 2.19. The van der Waals surface area contributed by atoms with E-state index in [9.17, 15) is 13.6 Å². The van der Waals surface area contributed by atoms with E-state index < -0.39 is 11.6 Å². The molecule has 1 amide bonds. The van der Waals surface area contributed by atoms with Crippen molar-refractivity contribution in [3.8, 4) is 0 Å². The third-order valence-electron chi connectivity index (χ3n) is 3.95. The van der Waals surface area contributed by atoms with Gasteiger partial charge in [0.05, 0.1) is 5.69 Å². The number of likely N-dealkylation sites (tertiary alicyclic amines) is 1. The Bertz CT molecular complexity index is 730. The number of anilines is 2. The first-order valence-corrected chi connectivity index (χ1v) is 7.98. The van der Waals surface area contributed by atoms with Gasteiger partial charge in [0.1, 0.15) is 17.3 Å². The number of rotatable bonds is 3. The van der Waals surface area contributed by atoms with E-state index in [1.807, 2.05) is 0 Å². The molecule has 1 aromatic heterocycles. The van der Waals surface area contributed by atoms with Crippen molar-refractivity contribution in [2.45, 2.75) is 25.7 Å². The molecule has 2 aromatic rings. The van der Waals surface area contributed by atoms with E-state index in [0.29, 0.717) is 0 Å². The van der Waals surface area contributed by atoms with Crippen LogP contribution in [0.15, 0.2) is 30.5 Å². The quantitative estimate of drug-likeness (QED) is 0.934. The summed E-state index contributed by atoms with van der Waals surface area (Å²) in [5.41, 5.74) is 0.313. The van der Waals surface area contributed by atoms with Crippen LogP contribution in [0, 0.1) is 11.6 Å². The SMILES string of the molecule is O=C(c1ccnc(Nc2ccc(F)cc2F)n1)N1CCCCCC1. The number of aromatic nitrogens is 2. The summed E-state index contributed by atoms with van der Waals surface area (Å²) in [6.45, 7) is 1.44. The van der Waals surface area contributed by atoms with Crippen molar-refractivity contribution in [3.05, 3.63) is 47.8 Å². The third kappa shape index (κ3) is 3.84. The predicted octanol–water partition coefficient (Wildman–Crippen LogP) is 3.51. The van der Waals surface area contributed by atoms with Crippen molar-refractivity contribution < 1.29 is 13.6 Å². The van der Waals surface area contributed by atoms with Crippen molar-refractivity contribution in [1.29, 1.82) is 0 Å². The van der Waals surface area contributed by atoms with Gasteiger partial charge in [0, 0.05) is 25.4 Å². The predicted molar refractivity (Wildman–Crippen MR) is 86.0 cm³/mol. The Labute approximate surface area is 138 Å². The van der Waals surface area contributed by atoms with Crippen LogP contribution in [0.4, 0.5) is 20.4 Å². The zero-order chi connectivity index (χ0) is 16.9. The van der Waals surface area contributed by atoms with Crippen LogP contribution in [0.3, 0.4) is 0 Å². The fraction of sp³-hybridized carbons (Fsp3) is 0.353. The summed E-state index contributed by atoms with van der Waals surface area (Å²) in [4.78, 5) is 22.5. The highest BCUT2D eigenvalue weighted by Gasteiger charge is 2.19. The lowest BCUT2D eigenvalue weighted by molar-refractivity contribution is 0.0755. The van der Waals surface area contributed by atoms with Gasteiger partial charge in [-0.25, -0.2) is 18.7 Å². The van der Waals surface area contributed by atoms with Crippen LogP contribution in [-0.4, -0.2) is 33.9 Å². The zero-order valence-corrected chi connectivity index (χ0v) is 13.1. The molecule has 2 heterocycles. The molecular weight excluding hydrogens is 314 g/mol. The molecule has 24 heavy (non-hydrogen) atoms. The van der Waals surface area contributed by atoms with Gasteiger partial charge in [-0.3, -0.25) is 4.79 Å². The molecule has 0 aliphatic carbocycles. The Balaban J connectivity index is 1.77. The standard InChI is InChI=1S/C17H18F2N4O/c18-12-5-6-14(13(19)11-12)21-17-20-8-7-15(22-17)16(24)23-9-3-1-2-4-10-23/h5-8,11H,1-4,9-10H2,(H,20,21,22). The number of nitrogens with one attached hydrogen (secondary N) is 1. The second-order valence-electron chi connectivity index (χ2n) is 5.72. The zero-order valence-electron chi connectivity index (χ0n) is 13.1. The average Bonchev–Trinajstić information content (AvgIpc) is 2.86. The highest BCUT2D eigenvalue weighted by molar-refractivity contribution is 5.92. The summed E-state index contributed by atoms with van der Waals surface area (Å²) < 4.78 is 26.6. The maximum Gasteiger partial charge on any atom is 0.272 e. The fourth-order valence-electron chi connectivity index (χ4n) is 2.69. The third-order valence-corrected chi connectivity index (χ3v) is 3.95. The number of carbonyl (C=O) groups is 1. The average molecular weight is 332 g/mol. The lowest BCUT2D eigenvalue weighted by Gasteiger charge is -2.19. The van der Waals surface area contributed by atoms with Crippen LogP contribution in [0.5, 0.6) is 0 Å². The molecule has 3 rings (SSSR count). The molecule has 0 atom stereocenters. The van der Waals surface area contributed by atoms with E-state index in [1.165, 1.54) is 12.3 Å². The number of hydrogen-bond donors (Lipinski definition) is 1. The van der Waals surface area contributed by atoms with Gasteiger partial charge in [-0.2, -0.15) is 0 Å². The second kappa shape index (κ2) is 7.33. The van der Waals surface area contributed by atoms with Crippen LogP contribution in [0.25, 0.3) is 0 Å². The molecule has 1 aliphatic rings. The summed E-state index contributed by atoms with van der Waals surface area (Å²) in [5.74, 6) is -1.46. The number of carbonyl (C=O) groups excluding carboxylic acids is 1. The van der Waals surface area contributed by atoms with Gasteiger partial charge in [-0.15, -0.1) is 0 Å². The number of hydrogen-bond acceptors (Lipinski definition) is 4. The largest absolute Gasteiger partial charge is 0.337 e. The van der Waals surface area contributed by atoms with E-state index >= 15 is 0 Å². The molecule has 0 spiro atoms. The number of benzene rings is 1. The first-order chi connectivity index (χ1) is 11.6. The molecule has 0 bridgehead atoms. The molecule has 1 aromatic carbocycles. The molecule has 5 nitrogen and oxygen atoms in total. The Morgan fingerprint density at radius 1 is 1.08 bits per heavy atom. The molecule has 1 N–H and O–H groups in total. The monoisotopic (exact) mass is 332 g/mol. The van der Waals surface area contributed by atoms with Crippen molar-refractivity contribution in [2.75, 3.05) is 18.4 Å². The molecular formula is C17H18F2N4O. The summed E-state index contributed by atoms with van der Waals surface area (Å²) in [7, 11) is 0. The van der Waals surface area contributed by atoms with E-state index in [-0.39, 0.29) is 23.2 Å². The smallest absolute Gasteiger partial charge is 0.272 e. The molecule has 7 heteroatoms. The Morgan fingerprint density at radius 3 is 2.54 bits per heavy atom. The van der Waals surface area contributed by atoms with Crippen molar-refractivity contribution in [1.82, 2.24) is 14.9 Å². The molecule has 0 radical (unpaired) electrons. The van der Waals surface area contributed by atoms with Crippen LogP contribution in [0.1, 0.15) is 36.2 Å². The van der Waals surface area contributed by atoms with Crippen molar-refractivity contribution in [2.24, 2.45) is 0 Å². The topological polar surface area (TPSA) is 58.1 Å².